The zero-order valence-corrected chi connectivity index (χ0v) is 14.9. The number of fused-ring (bicyclic) bond motifs is 1. The molecule has 2 aromatic rings. The first-order valence-corrected chi connectivity index (χ1v) is 8.55. The van der Waals surface area contributed by atoms with Crippen LogP contribution in [0.3, 0.4) is 0 Å². The fraction of sp³-hybridized carbons (Fsp3) is 0.368. The zero-order valence-electron chi connectivity index (χ0n) is 14.9. The third kappa shape index (κ3) is 4.17. The quantitative estimate of drug-likeness (QED) is 0.765. The van der Waals surface area contributed by atoms with E-state index in [1.807, 2.05) is 13.0 Å². The standard InChI is InChI=1S/C19H22N2O5/c1-13-5-3-6-18(22)21(13)10-4-9-20-19(23)14(2)26-15-7-8-16-17(11-15)25-12-24-16/h3,5-8,11,14H,4,9-10,12H2,1-2H3,(H,20,23)/t14-/m1/s1. The number of hydrogen-bond acceptors (Lipinski definition) is 5. The van der Waals surface area contributed by atoms with Gasteiger partial charge in [-0.1, -0.05) is 6.07 Å². The van der Waals surface area contributed by atoms with Crippen molar-refractivity contribution in [1.29, 1.82) is 0 Å². The van der Waals surface area contributed by atoms with E-state index in [4.69, 9.17) is 14.2 Å². The number of aryl methyl sites for hydroxylation is 1. The van der Waals surface area contributed by atoms with E-state index in [1.54, 1.807) is 35.8 Å². The summed E-state index contributed by atoms with van der Waals surface area (Å²) < 4.78 is 17.9. The molecule has 1 atom stereocenters. The summed E-state index contributed by atoms with van der Waals surface area (Å²) in [5.41, 5.74) is 0.874. The first-order valence-electron chi connectivity index (χ1n) is 8.55. The SMILES string of the molecule is Cc1cccc(=O)n1CCCNC(=O)[C@@H](C)Oc1ccc2c(c1)OCO2. The summed E-state index contributed by atoms with van der Waals surface area (Å²) in [5.74, 6) is 1.61. The number of ether oxygens (including phenoxy) is 3. The van der Waals surface area contributed by atoms with Gasteiger partial charge in [-0.15, -0.1) is 0 Å². The van der Waals surface area contributed by atoms with Crippen LogP contribution < -0.4 is 25.1 Å². The van der Waals surface area contributed by atoms with Crippen LogP contribution in [0.1, 0.15) is 19.0 Å². The van der Waals surface area contributed by atoms with Crippen LogP contribution in [0.4, 0.5) is 0 Å². The van der Waals surface area contributed by atoms with Crippen molar-refractivity contribution in [3.8, 4) is 17.2 Å². The van der Waals surface area contributed by atoms with Crippen molar-refractivity contribution in [1.82, 2.24) is 9.88 Å². The summed E-state index contributed by atoms with van der Waals surface area (Å²) in [4.78, 5) is 24.0. The first kappa shape index (κ1) is 17.8. The Kier molecular flexibility index (Phi) is 5.46. The number of aromatic nitrogens is 1. The molecule has 0 aliphatic carbocycles. The Labute approximate surface area is 151 Å². The molecular weight excluding hydrogens is 336 g/mol. The molecule has 0 unspecified atom stereocenters. The molecule has 0 spiro atoms. The van der Waals surface area contributed by atoms with Crippen LogP contribution in [0.15, 0.2) is 41.2 Å². The molecular formula is C19H22N2O5. The molecule has 26 heavy (non-hydrogen) atoms. The Hall–Kier alpha value is -2.96. The largest absolute Gasteiger partial charge is 0.481 e. The number of carbonyl (C=O) groups excluding carboxylic acids is 1. The molecule has 1 aromatic heterocycles. The lowest BCUT2D eigenvalue weighted by Crippen LogP contribution is -2.37. The van der Waals surface area contributed by atoms with Gasteiger partial charge in [0.05, 0.1) is 0 Å². The number of hydrogen-bond donors (Lipinski definition) is 1. The van der Waals surface area contributed by atoms with Gasteiger partial charge < -0.3 is 24.1 Å². The van der Waals surface area contributed by atoms with Crippen LogP contribution in [0.25, 0.3) is 0 Å². The third-order valence-corrected chi connectivity index (χ3v) is 4.15. The topological polar surface area (TPSA) is 78.8 Å². The van der Waals surface area contributed by atoms with Crippen LogP contribution in [-0.4, -0.2) is 29.9 Å². The predicted molar refractivity (Wildman–Crippen MR) is 95.7 cm³/mol. The molecule has 7 nitrogen and oxygen atoms in total. The van der Waals surface area contributed by atoms with E-state index in [-0.39, 0.29) is 18.3 Å². The number of carbonyl (C=O) groups is 1. The molecule has 0 fully saturated rings. The van der Waals surface area contributed by atoms with Crippen molar-refractivity contribution in [2.45, 2.75) is 32.9 Å². The molecule has 7 heteroatoms. The van der Waals surface area contributed by atoms with Crippen LogP contribution in [0, 0.1) is 6.92 Å². The minimum Gasteiger partial charge on any atom is -0.481 e. The van der Waals surface area contributed by atoms with E-state index in [2.05, 4.69) is 5.32 Å². The van der Waals surface area contributed by atoms with Gasteiger partial charge in [-0.2, -0.15) is 0 Å². The second-order valence-corrected chi connectivity index (χ2v) is 6.08. The predicted octanol–water partition coefficient (Wildman–Crippen LogP) is 1.86. The number of nitrogens with one attached hydrogen (secondary N) is 1. The number of benzene rings is 1. The average Bonchev–Trinajstić information content (AvgIpc) is 3.08. The van der Waals surface area contributed by atoms with Crippen molar-refractivity contribution in [2.24, 2.45) is 0 Å². The van der Waals surface area contributed by atoms with Crippen molar-refractivity contribution >= 4 is 5.91 Å². The molecule has 0 bridgehead atoms. The summed E-state index contributed by atoms with van der Waals surface area (Å²) in [6.45, 7) is 4.80. The number of nitrogens with zero attached hydrogens (tertiary/aromatic N) is 1. The van der Waals surface area contributed by atoms with E-state index < -0.39 is 6.10 Å². The monoisotopic (exact) mass is 358 g/mol. The smallest absolute Gasteiger partial charge is 0.260 e. The van der Waals surface area contributed by atoms with Crippen LogP contribution >= 0.6 is 0 Å². The molecule has 0 saturated carbocycles. The van der Waals surface area contributed by atoms with Gasteiger partial charge in [-0.05, 0) is 38.5 Å². The van der Waals surface area contributed by atoms with E-state index >= 15 is 0 Å². The van der Waals surface area contributed by atoms with E-state index in [1.165, 1.54) is 6.07 Å². The highest BCUT2D eigenvalue weighted by atomic mass is 16.7. The van der Waals surface area contributed by atoms with Gasteiger partial charge in [0.2, 0.25) is 6.79 Å². The van der Waals surface area contributed by atoms with Gasteiger partial charge >= 0.3 is 0 Å². The fourth-order valence-corrected chi connectivity index (χ4v) is 2.71. The normalized spacial score (nSPS) is 13.3. The van der Waals surface area contributed by atoms with Crippen LogP contribution in [-0.2, 0) is 11.3 Å². The second kappa shape index (κ2) is 7.95. The summed E-state index contributed by atoms with van der Waals surface area (Å²) in [6, 6.07) is 10.4. The molecule has 2 heterocycles. The minimum atomic E-state index is -0.642. The number of amides is 1. The summed E-state index contributed by atoms with van der Waals surface area (Å²) >= 11 is 0. The van der Waals surface area contributed by atoms with Crippen molar-refractivity contribution in [2.75, 3.05) is 13.3 Å². The molecule has 0 saturated heterocycles. The Bertz CT molecular complexity index is 846. The van der Waals surface area contributed by atoms with E-state index in [0.29, 0.717) is 36.8 Å². The lowest BCUT2D eigenvalue weighted by Gasteiger charge is -2.15. The molecule has 1 aromatic carbocycles. The second-order valence-electron chi connectivity index (χ2n) is 6.08. The number of rotatable bonds is 7. The Morgan fingerprint density at radius 1 is 1.27 bits per heavy atom. The zero-order chi connectivity index (χ0) is 18.5. The Morgan fingerprint density at radius 2 is 2.08 bits per heavy atom. The first-order chi connectivity index (χ1) is 12.5. The van der Waals surface area contributed by atoms with Gasteiger partial charge in [0.1, 0.15) is 5.75 Å². The molecule has 3 rings (SSSR count). The molecule has 1 aliphatic rings. The van der Waals surface area contributed by atoms with Gasteiger partial charge in [0, 0.05) is 30.9 Å². The van der Waals surface area contributed by atoms with Crippen molar-refractivity contribution in [3.05, 3.63) is 52.4 Å². The maximum Gasteiger partial charge on any atom is 0.260 e. The van der Waals surface area contributed by atoms with E-state index in [0.717, 1.165) is 5.69 Å². The minimum absolute atomic E-state index is 0.0316. The van der Waals surface area contributed by atoms with Gasteiger partial charge in [-0.3, -0.25) is 9.59 Å². The van der Waals surface area contributed by atoms with Crippen LogP contribution in [0.2, 0.25) is 0 Å². The third-order valence-electron chi connectivity index (χ3n) is 4.15. The molecule has 1 aliphatic heterocycles. The highest BCUT2D eigenvalue weighted by molar-refractivity contribution is 5.80. The van der Waals surface area contributed by atoms with Gasteiger partial charge in [0.15, 0.2) is 17.6 Å². The molecule has 1 amide bonds. The average molecular weight is 358 g/mol. The number of pyridine rings is 1. The van der Waals surface area contributed by atoms with Gasteiger partial charge in [0.25, 0.3) is 11.5 Å². The summed E-state index contributed by atoms with van der Waals surface area (Å²) in [6.07, 6.45) is 0.0179. The highest BCUT2D eigenvalue weighted by Crippen LogP contribution is 2.35. The molecule has 1 N–H and O–H groups in total. The Morgan fingerprint density at radius 3 is 2.88 bits per heavy atom. The molecule has 138 valence electrons. The lowest BCUT2D eigenvalue weighted by atomic mass is 10.3. The maximum atomic E-state index is 12.2. The molecule has 0 radical (unpaired) electrons. The highest BCUT2D eigenvalue weighted by Gasteiger charge is 2.18. The fourth-order valence-electron chi connectivity index (χ4n) is 2.71. The van der Waals surface area contributed by atoms with E-state index in [9.17, 15) is 9.59 Å². The summed E-state index contributed by atoms with van der Waals surface area (Å²) in [5, 5.41) is 2.83. The maximum absolute atomic E-state index is 12.2. The lowest BCUT2D eigenvalue weighted by molar-refractivity contribution is -0.127. The van der Waals surface area contributed by atoms with Gasteiger partial charge in [-0.25, -0.2) is 0 Å². The van der Waals surface area contributed by atoms with Crippen LogP contribution in [0.5, 0.6) is 17.2 Å². The van der Waals surface area contributed by atoms with Crippen molar-refractivity contribution < 1.29 is 19.0 Å². The van der Waals surface area contributed by atoms with Crippen molar-refractivity contribution in [3.63, 3.8) is 0 Å². The summed E-state index contributed by atoms with van der Waals surface area (Å²) in [7, 11) is 0. The Balaban J connectivity index is 1.45.